The van der Waals surface area contributed by atoms with Crippen LogP contribution in [0.2, 0.25) is 0 Å². The Labute approximate surface area is 265 Å². The summed E-state index contributed by atoms with van der Waals surface area (Å²) in [5.74, 6) is -5.18. The fourth-order valence-electron chi connectivity index (χ4n) is 4.57. The molecule has 1 heterocycles. The van der Waals surface area contributed by atoms with Crippen LogP contribution in [0.4, 0.5) is 0 Å². The molecule has 0 spiro atoms. The van der Waals surface area contributed by atoms with E-state index in [-0.39, 0.29) is 37.5 Å². The number of ether oxygens (including phenoxy) is 1. The highest BCUT2D eigenvalue weighted by atomic mass is 16.6. The van der Waals surface area contributed by atoms with Gasteiger partial charge >= 0.3 is 5.97 Å². The zero-order valence-corrected chi connectivity index (χ0v) is 25.9. The van der Waals surface area contributed by atoms with Gasteiger partial charge in [0.1, 0.15) is 24.4 Å². The average molecular weight is 650 g/mol. The molecule has 254 valence electrons. The molecule has 0 radical (unpaired) electrons. The number of guanidine groups is 1. The average Bonchev–Trinajstić information content (AvgIpc) is 2.95. The number of hydrogen-bond acceptors (Lipinski definition) is 10. The summed E-state index contributed by atoms with van der Waals surface area (Å²) in [7, 11) is 0. The van der Waals surface area contributed by atoms with E-state index in [1.165, 1.54) is 31.2 Å². The molecule has 1 saturated heterocycles. The van der Waals surface area contributed by atoms with Crippen molar-refractivity contribution in [1.29, 1.82) is 0 Å². The molecule has 18 nitrogen and oxygen atoms in total. The van der Waals surface area contributed by atoms with Gasteiger partial charge in [0, 0.05) is 19.4 Å². The molecule has 1 aliphatic rings. The van der Waals surface area contributed by atoms with Crippen LogP contribution in [0.1, 0.15) is 45.6 Å². The molecule has 0 aliphatic carbocycles. The summed E-state index contributed by atoms with van der Waals surface area (Å²) < 4.78 is 5.64. The lowest BCUT2D eigenvalue weighted by atomic mass is 9.86. The van der Waals surface area contributed by atoms with E-state index in [1.807, 2.05) is 0 Å². The van der Waals surface area contributed by atoms with Gasteiger partial charge in [0.25, 0.3) is 5.91 Å². The van der Waals surface area contributed by atoms with E-state index in [0.717, 1.165) is 0 Å². The number of nitrogens with two attached hydrogens (primary N) is 3. The normalized spacial score (nSPS) is 18.3. The van der Waals surface area contributed by atoms with Crippen LogP contribution in [-0.2, 0) is 39.9 Å². The molecule has 5 amide bonds. The second-order valence-electron chi connectivity index (χ2n) is 11.4. The number of phenols is 1. The molecule has 2 rings (SSSR count). The van der Waals surface area contributed by atoms with Gasteiger partial charge in [0.2, 0.25) is 29.4 Å². The Bertz CT molecular complexity index is 1310. The highest BCUT2D eigenvalue weighted by Gasteiger charge is 2.57. The Hall–Kier alpha value is -4.97. The van der Waals surface area contributed by atoms with E-state index in [4.69, 9.17) is 27.0 Å². The highest BCUT2D eigenvalue weighted by molar-refractivity contribution is 5.96. The largest absolute Gasteiger partial charge is 0.508 e. The summed E-state index contributed by atoms with van der Waals surface area (Å²) in [4.78, 5) is 78.8. The van der Waals surface area contributed by atoms with Gasteiger partial charge in [-0.15, -0.1) is 0 Å². The summed E-state index contributed by atoms with van der Waals surface area (Å²) in [6.07, 6.45) is 0.657. The Morgan fingerprint density at radius 2 is 1.61 bits per heavy atom. The number of nitrogens with zero attached hydrogens (tertiary/aromatic N) is 1. The second kappa shape index (κ2) is 16.4. The third-order valence-corrected chi connectivity index (χ3v) is 6.72. The van der Waals surface area contributed by atoms with Crippen LogP contribution >= 0.6 is 0 Å². The number of rotatable bonds is 17. The molecule has 4 atom stereocenters. The lowest BCUT2D eigenvalue weighted by Gasteiger charge is -2.51. The smallest absolute Gasteiger partial charge is 0.322 e. The maximum absolute atomic E-state index is 13.3. The molecular weight excluding hydrogens is 606 g/mol. The van der Waals surface area contributed by atoms with Crippen LogP contribution in [0.3, 0.4) is 0 Å². The van der Waals surface area contributed by atoms with Crippen LogP contribution in [0.25, 0.3) is 0 Å². The molecule has 1 aliphatic heterocycles. The van der Waals surface area contributed by atoms with Crippen molar-refractivity contribution in [3.8, 4) is 5.75 Å². The molecule has 1 fully saturated rings. The first-order valence-corrected chi connectivity index (χ1v) is 14.4. The van der Waals surface area contributed by atoms with Crippen LogP contribution in [-0.4, -0.2) is 101 Å². The van der Waals surface area contributed by atoms with Crippen molar-refractivity contribution in [2.75, 3.05) is 19.6 Å². The second-order valence-corrected chi connectivity index (χ2v) is 11.4. The third-order valence-electron chi connectivity index (χ3n) is 6.72. The van der Waals surface area contributed by atoms with Gasteiger partial charge in [0.15, 0.2) is 5.96 Å². The van der Waals surface area contributed by atoms with Gasteiger partial charge in [-0.1, -0.05) is 12.1 Å². The Morgan fingerprint density at radius 1 is 0.978 bits per heavy atom. The zero-order valence-electron chi connectivity index (χ0n) is 25.9. The Balaban J connectivity index is 2.05. The molecule has 0 saturated carbocycles. The molecule has 18 heteroatoms. The van der Waals surface area contributed by atoms with Crippen LogP contribution in [0, 0.1) is 0 Å². The lowest BCUT2D eigenvalue weighted by Crippen LogP contribution is -2.73. The molecule has 1 aromatic carbocycles. The van der Waals surface area contributed by atoms with Gasteiger partial charge in [0.05, 0.1) is 18.2 Å². The number of aliphatic carboxylic acids is 1. The molecular formula is C28H43N9O9. The number of amides is 5. The topological polar surface area (TPSA) is 303 Å². The van der Waals surface area contributed by atoms with Crippen molar-refractivity contribution < 1.29 is 43.7 Å². The number of carboxylic acids is 1. The number of carbonyl (C=O) groups excluding carboxylic acids is 5. The van der Waals surface area contributed by atoms with Gasteiger partial charge < -0.3 is 58.7 Å². The van der Waals surface area contributed by atoms with Crippen molar-refractivity contribution in [1.82, 2.24) is 26.6 Å². The molecule has 1 aromatic rings. The zero-order chi connectivity index (χ0) is 34.7. The first-order valence-electron chi connectivity index (χ1n) is 14.4. The van der Waals surface area contributed by atoms with Gasteiger partial charge in [-0.3, -0.25) is 33.8 Å². The molecule has 0 aromatic heterocycles. The van der Waals surface area contributed by atoms with E-state index >= 15 is 0 Å². The number of nitrogens with one attached hydrogen (secondary N) is 5. The summed E-state index contributed by atoms with van der Waals surface area (Å²) in [5, 5.41) is 30.5. The van der Waals surface area contributed by atoms with Crippen LogP contribution in [0.15, 0.2) is 29.3 Å². The van der Waals surface area contributed by atoms with Crippen LogP contribution < -0.4 is 43.8 Å². The van der Waals surface area contributed by atoms with Gasteiger partial charge in [-0.05, 0) is 51.3 Å². The van der Waals surface area contributed by atoms with Crippen molar-refractivity contribution in [3.63, 3.8) is 0 Å². The minimum absolute atomic E-state index is 0.0147. The van der Waals surface area contributed by atoms with Gasteiger partial charge in [-0.2, -0.15) is 0 Å². The number of benzene rings is 1. The number of hydrogen-bond donors (Lipinski definition) is 10. The molecule has 0 bridgehead atoms. The summed E-state index contributed by atoms with van der Waals surface area (Å²) in [5.41, 5.74) is 14.3. The Kier molecular flexibility index (Phi) is 13.2. The Morgan fingerprint density at radius 3 is 2.17 bits per heavy atom. The third kappa shape index (κ3) is 11.8. The van der Waals surface area contributed by atoms with E-state index in [1.54, 1.807) is 13.8 Å². The van der Waals surface area contributed by atoms with E-state index < -0.39 is 78.0 Å². The molecule has 1 unspecified atom stereocenters. The van der Waals surface area contributed by atoms with Crippen LogP contribution in [0.5, 0.6) is 5.75 Å². The number of carbonyl (C=O) groups is 6. The minimum Gasteiger partial charge on any atom is -0.508 e. The van der Waals surface area contributed by atoms with E-state index in [0.29, 0.717) is 12.0 Å². The van der Waals surface area contributed by atoms with E-state index in [9.17, 15) is 33.9 Å². The predicted octanol–water partition coefficient (Wildman–Crippen LogP) is -3.37. The van der Waals surface area contributed by atoms with Crippen molar-refractivity contribution in [3.05, 3.63) is 29.8 Å². The lowest BCUT2D eigenvalue weighted by molar-refractivity contribution is -0.258. The highest BCUT2D eigenvalue weighted by Crippen LogP contribution is 2.39. The van der Waals surface area contributed by atoms with Crippen molar-refractivity contribution in [2.24, 2.45) is 22.2 Å². The molecule has 13 N–H and O–H groups in total. The predicted molar refractivity (Wildman–Crippen MR) is 164 cm³/mol. The number of aliphatic imine (C=N–C) groups is 1. The van der Waals surface area contributed by atoms with Crippen molar-refractivity contribution >= 4 is 41.5 Å². The standard InChI is InChI=1S/C28H43N9O9/c1-15(22(42)37-28(14-27(2,3)46-28)25(45)34-13-21(40)41)35-24(44)19(11-16-6-8-17(38)9-7-16)36-20(39)12-33-23(43)18(29)5-4-10-32-26(30)31/h6-9,15,18-19,38H,4-5,10-14,29H2,1-3H3,(H,33,43)(H,34,45)(H,35,44)(H,36,39)(H,37,42)(H,40,41)(H4,30,31,32)/t15-,18-,19-,28?/m0/s1. The monoisotopic (exact) mass is 649 g/mol. The quantitative estimate of drug-likeness (QED) is 0.0449. The number of phenolic OH excluding ortho intramolecular Hbond substituents is 1. The number of carboxylic acid groups (broad SMARTS) is 1. The summed E-state index contributed by atoms with van der Waals surface area (Å²) in [6.45, 7) is 3.77. The van der Waals surface area contributed by atoms with Crippen molar-refractivity contribution in [2.45, 2.75) is 75.9 Å². The summed E-state index contributed by atoms with van der Waals surface area (Å²) in [6, 6.07) is 2.46. The van der Waals surface area contributed by atoms with E-state index in [2.05, 4.69) is 31.6 Å². The van der Waals surface area contributed by atoms with Gasteiger partial charge in [-0.25, -0.2) is 0 Å². The SMILES string of the molecule is C[C@H](NC(=O)[C@H](Cc1ccc(O)cc1)NC(=O)CNC(=O)[C@@H](N)CCCN=C(N)N)C(=O)NC1(C(=O)NCC(=O)O)CC(C)(C)O1. The maximum Gasteiger partial charge on any atom is 0.322 e. The number of aromatic hydroxyl groups is 1. The summed E-state index contributed by atoms with van der Waals surface area (Å²) >= 11 is 0. The fraction of sp³-hybridized carbons (Fsp3) is 0.536. The molecule has 46 heavy (non-hydrogen) atoms. The maximum atomic E-state index is 13.3. The minimum atomic E-state index is -1.85. The fourth-order valence-corrected chi connectivity index (χ4v) is 4.57. The first-order chi connectivity index (χ1) is 21.4. The first kappa shape index (κ1) is 37.2.